The van der Waals surface area contributed by atoms with Crippen molar-refractivity contribution in [3.05, 3.63) is 48.7 Å². The van der Waals surface area contributed by atoms with E-state index in [0.29, 0.717) is 0 Å². The summed E-state index contributed by atoms with van der Waals surface area (Å²) in [5, 5.41) is 4.16. The van der Waals surface area contributed by atoms with Gasteiger partial charge in [0.25, 0.3) is 0 Å². The molecule has 0 amide bonds. The van der Waals surface area contributed by atoms with Crippen molar-refractivity contribution >= 4 is 51.2 Å². The Balaban J connectivity index is 2.04. The third kappa shape index (κ3) is 3.60. The molecule has 0 unspecified atom stereocenters. The minimum Gasteiger partial charge on any atom is -0.379 e. The Kier molecular flexibility index (Phi) is 4.70. The first-order valence-electron chi connectivity index (χ1n) is 5.45. The Hall–Kier alpha value is -0.260. The van der Waals surface area contributed by atoms with Gasteiger partial charge in [-0.2, -0.15) is 0 Å². The van der Waals surface area contributed by atoms with Crippen LogP contribution in [0.2, 0.25) is 5.02 Å². The molecule has 1 nitrogen and oxygen atoms in total. The molecule has 0 spiro atoms. The van der Waals surface area contributed by atoms with Gasteiger partial charge in [0.1, 0.15) is 0 Å². The SMILES string of the molecule is CCc1ccc(CNc2cc(I)ccc2Cl)s1. The van der Waals surface area contributed by atoms with Gasteiger partial charge in [-0.25, -0.2) is 0 Å². The first-order valence-corrected chi connectivity index (χ1v) is 7.73. The summed E-state index contributed by atoms with van der Waals surface area (Å²) < 4.78 is 1.19. The van der Waals surface area contributed by atoms with E-state index in [9.17, 15) is 0 Å². The molecule has 0 fully saturated rings. The Labute approximate surface area is 124 Å². The molecule has 2 rings (SSSR count). The van der Waals surface area contributed by atoms with Crippen LogP contribution in [0.1, 0.15) is 16.7 Å². The Morgan fingerprint density at radius 3 is 2.71 bits per heavy atom. The molecular formula is C13H13ClINS. The van der Waals surface area contributed by atoms with E-state index in [1.54, 1.807) is 0 Å². The van der Waals surface area contributed by atoms with Gasteiger partial charge in [0.05, 0.1) is 10.7 Å². The number of halogens is 2. The molecule has 0 atom stereocenters. The van der Waals surface area contributed by atoms with Crippen molar-refractivity contribution in [2.45, 2.75) is 19.9 Å². The van der Waals surface area contributed by atoms with E-state index in [0.717, 1.165) is 23.7 Å². The van der Waals surface area contributed by atoms with Gasteiger partial charge in [-0.15, -0.1) is 11.3 Å². The van der Waals surface area contributed by atoms with Crippen LogP contribution >= 0.6 is 45.5 Å². The summed E-state index contributed by atoms with van der Waals surface area (Å²) in [7, 11) is 0. The van der Waals surface area contributed by atoms with Crippen LogP contribution in [0.5, 0.6) is 0 Å². The molecule has 0 aliphatic heterocycles. The Morgan fingerprint density at radius 2 is 2.00 bits per heavy atom. The third-order valence-electron chi connectivity index (χ3n) is 2.45. The first-order chi connectivity index (χ1) is 8.19. The number of thiophene rings is 1. The van der Waals surface area contributed by atoms with Crippen LogP contribution < -0.4 is 5.32 Å². The lowest BCUT2D eigenvalue weighted by molar-refractivity contribution is 1.19. The smallest absolute Gasteiger partial charge is 0.0638 e. The van der Waals surface area contributed by atoms with Gasteiger partial charge in [-0.05, 0) is 59.3 Å². The fourth-order valence-corrected chi connectivity index (χ4v) is 3.10. The quantitative estimate of drug-likeness (QED) is 0.724. The highest BCUT2D eigenvalue weighted by molar-refractivity contribution is 14.1. The maximum absolute atomic E-state index is 6.13. The summed E-state index contributed by atoms with van der Waals surface area (Å²) in [6, 6.07) is 10.4. The van der Waals surface area contributed by atoms with Crippen molar-refractivity contribution in [3.63, 3.8) is 0 Å². The van der Waals surface area contributed by atoms with Crippen molar-refractivity contribution in [2.75, 3.05) is 5.32 Å². The second kappa shape index (κ2) is 6.07. The van der Waals surface area contributed by atoms with Crippen molar-refractivity contribution in [1.82, 2.24) is 0 Å². The average molecular weight is 378 g/mol. The third-order valence-corrected chi connectivity index (χ3v) is 4.68. The number of hydrogen-bond donors (Lipinski definition) is 1. The van der Waals surface area contributed by atoms with Crippen LogP contribution in [0.25, 0.3) is 0 Å². The maximum atomic E-state index is 6.13. The molecule has 1 heterocycles. The standard InChI is InChI=1S/C13H13ClINS/c1-2-10-4-5-11(17-10)8-16-13-7-9(15)3-6-12(13)14/h3-7,16H,2,8H2,1H3. The topological polar surface area (TPSA) is 12.0 Å². The molecule has 0 saturated carbocycles. The number of hydrogen-bond acceptors (Lipinski definition) is 2. The number of benzene rings is 1. The second-order valence-electron chi connectivity index (χ2n) is 3.70. The lowest BCUT2D eigenvalue weighted by Crippen LogP contribution is -1.98. The lowest BCUT2D eigenvalue weighted by Gasteiger charge is -2.07. The van der Waals surface area contributed by atoms with Crippen molar-refractivity contribution in [2.24, 2.45) is 0 Å². The predicted molar refractivity (Wildman–Crippen MR) is 85.2 cm³/mol. The largest absolute Gasteiger partial charge is 0.379 e. The van der Waals surface area contributed by atoms with Crippen molar-refractivity contribution in [1.29, 1.82) is 0 Å². The van der Waals surface area contributed by atoms with E-state index in [-0.39, 0.29) is 0 Å². The Bertz CT molecular complexity index is 510. The van der Waals surface area contributed by atoms with Gasteiger partial charge in [0.15, 0.2) is 0 Å². The van der Waals surface area contributed by atoms with E-state index in [1.165, 1.54) is 13.3 Å². The van der Waals surface area contributed by atoms with E-state index in [1.807, 2.05) is 23.5 Å². The van der Waals surface area contributed by atoms with Crippen LogP contribution in [0.3, 0.4) is 0 Å². The summed E-state index contributed by atoms with van der Waals surface area (Å²) in [4.78, 5) is 2.77. The molecule has 0 bridgehead atoms. The van der Waals surface area contributed by atoms with Gasteiger partial charge in [-0.3, -0.25) is 0 Å². The number of nitrogens with one attached hydrogen (secondary N) is 1. The van der Waals surface area contributed by atoms with E-state index >= 15 is 0 Å². The predicted octanol–water partition coefficient (Wildman–Crippen LogP) is 5.18. The molecule has 1 aromatic heterocycles. The van der Waals surface area contributed by atoms with Crippen molar-refractivity contribution in [3.8, 4) is 0 Å². The highest BCUT2D eigenvalue weighted by Crippen LogP contribution is 2.25. The summed E-state index contributed by atoms with van der Waals surface area (Å²) in [6.45, 7) is 3.02. The van der Waals surface area contributed by atoms with Gasteiger partial charge < -0.3 is 5.32 Å². The number of aryl methyl sites for hydroxylation is 1. The molecule has 90 valence electrons. The highest BCUT2D eigenvalue weighted by atomic mass is 127. The fourth-order valence-electron chi connectivity index (χ4n) is 1.52. The molecular weight excluding hydrogens is 365 g/mol. The molecule has 0 aliphatic carbocycles. The molecule has 0 radical (unpaired) electrons. The van der Waals surface area contributed by atoms with E-state index < -0.39 is 0 Å². The van der Waals surface area contributed by atoms with E-state index in [4.69, 9.17) is 11.6 Å². The highest BCUT2D eigenvalue weighted by Gasteiger charge is 2.02. The zero-order valence-electron chi connectivity index (χ0n) is 9.47. The maximum Gasteiger partial charge on any atom is 0.0638 e. The van der Waals surface area contributed by atoms with Gasteiger partial charge in [0, 0.05) is 19.9 Å². The summed E-state index contributed by atoms with van der Waals surface area (Å²) >= 11 is 10.3. The zero-order valence-corrected chi connectivity index (χ0v) is 13.2. The normalized spacial score (nSPS) is 10.5. The van der Waals surface area contributed by atoms with E-state index in [2.05, 4.69) is 53.0 Å². The van der Waals surface area contributed by atoms with Crippen molar-refractivity contribution < 1.29 is 0 Å². The van der Waals surface area contributed by atoms with Gasteiger partial charge >= 0.3 is 0 Å². The lowest BCUT2D eigenvalue weighted by atomic mass is 10.3. The average Bonchev–Trinajstić information content (AvgIpc) is 2.78. The molecule has 0 aliphatic rings. The molecule has 17 heavy (non-hydrogen) atoms. The van der Waals surface area contributed by atoms with Crippen LogP contribution in [-0.4, -0.2) is 0 Å². The molecule has 0 saturated heterocycles. The van der Waals surface area contributed by atoms with Gasteiger partial charge in [-0.1, -0.05) is 18.5 Å². The first kappa shape index (κ1) is 13.2. The molecule has 1 aromatic carbocycles. The zero-order chi connectivity index (χ0) is 12.3. The Morgan fingerprint density at radius 1 is 1.24 bits per heavy atom. The second-order valence-corrected chi connectivity index (χ2v) is 6.61. The van der Waals surface area contributed by atoms with Crippen LogP contribution in [0, 0.1) is 3.57 Å². The summed E-state index contributed by atoms with van der Waals surface area (Å²) in [5.74, 6) is 0. The number of rotatable bonds is 4. The van der Waals surface area contributed by atoms with Crippen LogP contribution in [-0.2, 0) is 13.0 Å². The summed E-state index contributed by atoms with van der Waals surface area (Å²) in [5.41, 5.74) is 1.00. The van der Waals surface area contributed by atoms with Crippen LogP contribution in [0.4, 0.5) is 5.69 Å². The minimum atomic E-state index is 0.776. The fraction of sp³-hybridized carbons (Fsp3) is 0.231. The minimum absolute atomic E-state index is 0.776. The van der Waals surface area contributed by atoms with Crippen LogP contribution in [0.15, 0.2) is 30.3 Å². The number of anilines is 1. The summed E-state index contributed by atoms with van der Waals surface area (Å²) in [6.07, 6.45) is 1.11. The van der Waals surface area contributed by atoms with Gasteiger partial charge in [0.2, 0.25) is 0 Å². The molecule has 4 heteroatoms. The monoisotopic (exact) mass is 377 g/mol. The molecule has 1 N–H and O–H groups in total. The molecule has 2 aromatic rings.